The van der Waals surface area contributed by atoms with Gasteiger partial charge in [-0.05, 0) is 49.8 Å². The molecule has 3 rings (SSSR count). The molecule has 126 valence electrons. The number of rotatable bonds is 6. The van der Waals surface area contributed by atoms with Crippen molar-refractivity contribution in [1.82, 2.24) is 14.9 Å². The third-order valence-corrected chi connectivity index (χ3v) is 4.52. The lowest BCUT2D eigenvalue weighted by Crippen LogP contribution is -2.28. The highest BCUT2D eigenvalue weighted by atomic mass is 15.1. The zero-order valence-corrected chi connectivity index (χ0v) is 15.0. The van der Waals surface area contributed by atoms with Gasteiger partial charge in [0, 0.05) is 49.2 Å². The van der Waals surface area contributed by atoms with Crippen molar-refractivity contribution in [1.29, 1.82) is 0 Å². The number of nitrogens with one attached hydrogen (secondary N) is 1. The standard InChI is InChI=1S/C20H26N4/c1-5-15-13-21-20-19(15)12-17(14-22-20)16-6-8-18(9-7-16)24(4)11-10-23(2)3/h6-9,12-14H,5,10-11H2,1-4H3,(H,21,22). The second kappa shape index (κ2) is 7.05. The molecule has 0 amide bonds. The van der Waals surface area contributed by atoms with Crippen LogP contribution in [0.15, 0.2) is 42.7 Å². The maximum absolute atomic E-state index is 4.56. The van der Waals surface area contributed by atoms with Gasteiger partial charge in [-0.25, -0.2) is 4.98 Å². The predicted octanol–water partition coefficient (Wildman–Crippen LogP) is 3.79. The molecule has 0 aliphatic carbocycles. The lowest BCUT2D eigenvalue weighted by molar-refractivity contribution is 0.416. The summed E-state index contributed by atoms with van der Waals surface area (Å²) in [5.41, 5.74) is 5.90. The fourth-order valence-electron chi connectivity index (χ4n) is 2.90. The van der Waals surface area contributed by atoms with Crippen LogP contribution in [0.4, 0.5) is 5.69 Å². The largest absolute Gasteiger partial charge is 0.373 e. The summed E-state index contributed by atoms with van der Waals surface area (Å²) >= 11 is 0. The lowest BCUT2D eigenvalue weighted by atomic mass is 10.0. The Morgan fingerprint density at radius 1 is 1.00 bits per heavy atom. The first kappa shape index (κ1) is 16.5. The van der Waals surface area contributed by atoms with Crippen molar-refractivity contribution >= 4 is 16.7 Å². The molecule has 24 heavy (non-hydrogen) atoms. The second-order valence-corrected chi connectivity index (χ2v) is 6.56. The van der Waals surface area contributed by atoms with E-state index in [0.29, 0.717) is 0 Å². The van der Waals surface area contributed by atoms with E-state index < -0.39 is 0 Å². The number of benzene rings is 1. The molecule has 0 aliphatic rings. The Balaban J connectivity index is 1.82. The molecule has 1 N–H and O–H groups in total. The van der Waals surface area contributed by atoms with E-state index in [2.05, 4.69) is 84.4 Å². The van der Waals surface area contributed by atoms with E-state index in [1.54, 1.807) is 0 Å². The summed E-state index contributed by atoms with van der Waals surface area (Å²) < 4.78 is 0. The van der Waals surface area contributed by atoms with E-state index in [4.69, 9.17) is 0 Å². The fraction of sp³-hybridized carbons (Fsp3) is 0.350. The molecule has 1 aromatic carbocycles. The minimum absolute atomic E-state index is 0.968. The highest BCUT2D eigenvalue weighted by Gasteiger charge is 2.07. The molecule has 2 aromatic heterocycles. The smallest absolute Gasteiger partial charge is 0.137 e. The number of aromatic amines is 1. The van der Waals surface area contributed by atoms with Gasteiger partial charge in [0.1, 0.15) is 5.65 Å². The summed E-state index contributed by atoms with van der Waals surface area (Å²) in [5.74, 6) is 0. The summed E-state index contributed by atoms with van der Waals surface area (Å²) in [6.07, 6.45) is 5.02. The number of likely N-dealkylation sites (N-methyl/N-ethyl adjacent to an activating group) is 2. The summed E-state index contributed by atoms with van der Waals surface area (Å²) in [7, 11) is 6.34. The molecular weight excluding hydrogens is 296 g/mol. The van der Waals surface area contributed by atoms with Crippen LogP contribution in [0.3, 0.4) is 0 Å². The van der Waals surface area contributed by atoms with Gasteiger partial charge in [-0.1, -0.05) is 19.1 Å². The number of hydrogen-bond acceptors (Lipinski definition) is 3. The van der Waals surface area contributed by atoms with Crippen LogP contribution < -0.4 is 4.90 Å². The third-order valence-electron chi connectivity index (χ3n) is 4.52. The van der Waals surface area contributed by atoms with Gasteiger partial charge in [-0.15, -0.1) is 0 Å². The molecule has 0 fully saturated rings. The highest BCUT2D eigenvalue weighted by molar-refractivity contribution is 5.84. The van der Waals surface area contributed by atoms with Crippen molar-refractivity contribution in [2.24, 2.45) is 0 Å². The summed E-state index contributed by atoms with van der Waals surface area (Å²) in [6.45, 7) is 4.24. The fourth-order valence-corrected chi connectivity index (χ4v) is 2.90. The van der Waals surface area contributed by atoms with Gasteiger partial charge in [0.2, 0.25) is 0 Å². The number of anilines is 1. The molecule has 2 heterocycles. The van der Waals surface area contributed by atoms with Crippen molar-refractivity contribution in [3.63, 3.8) is 0 Å². The molecule has 0 saturated carbocycles. The Bertz CT molecular complexity index is 802. The van der Waals surface area contributed by atoms with Crippen molar-refractivity contribution in [2.75, 3.05) is 39.1 Å². The summed E-state index contributed by atoms with van der Waals surface area (Å²) in [5, 5.41) is 1.22. The lowest BCUT2D eigenvalue weighted by Gasteiger charge is -2.21. The van der Waals surface area contributed by atoms with Crippen LogP contribution >= 0.6 is 0 Å². The quantitative estimate of drug-likeness (QED) is 0.750. The predicted molar refractivity (Wildman–Crippen MR) is 103 cm³/mol. The first-order valence-corrected chi connectivity index (χ1v) is 8.50. The maximum atomic E-state index is 4.56. The molecule has 0 radical (unpaired) electrons. The molecule has 0 saturated heterocycles. The zero-order valence-electron chi connectivity index (χ0n) is 15.0. The van der Waals surface area contributed by atoms with E-state index in [1.807, 2.05) is 6.20 Å². The van der Waals surface area contributed by atoms with Gasteiger partial charge in [-0.2, -0.15) is 0 Å². The van der Waals surface area contributed by atoms with Crippen LogP contribution in [-0.2, 0) is 6.42 Å². The molecular formula is C20H26N4. The van der Waals surface area contributed by atoms with E-state index in [-0.39, 0.29) is 0 Å². The van der Waals surface area contributed by atoms with E-state index in [9.17, 15) is 0 Å². The zero-order chi connectivity index (χ0) is 17.1. The molecule has 4 heteroatoms. The van der Waals surface area contributed by atoms with E-state index in [0.717, 1.165) is 25.2 Å². The summed E-state index contributed by atoms with van der Waals surface area (Å²) in [4.78, 5) is 12.3. The van der Waals surface area contributed by atoms with Crippen molar-refractivity contribution in [3.05, 3.63) is 48.3 Å². The summed E-state index contributed by atoms with van der Waals surface area (Å²) in [6, 6.07) is 11.0. The maximum Gasteiger partial charge on any atom is 0.137 e. The van der Waals surface area contributed by atoms with E-state index >= 15 is 0 Å². The monoisotopic (exact) mass is 322 g/mol. The van der Waals surface area contributed by atoms with Gasteiger partial charge in [0.05, 0.1) is 0 Å². The van der Waals surface area contributed by atoms with Crippen LogP contribution in [0.5, 0.6) is 0 Å². The Labute approximate surface area is 144 Å². The number of nitrogens with zero attached hydrogens (tertiary/aromatic N) is 3. The number of fused-ring (bicyclic) bond motifs is 1. The van der Waals surface area contributed by atoms with E-state index in [1.165, 1.54) is 27.8 Å². The van der Waals surface area contributed by atoms with Crippen LogP contribution in [-0.4, -0.2) is 49.1 Å². The normalized spacial score (nSPS) is 11.4. The molecule has 0 spiro atoms. The molecule has 0 atom stereocenters. The average Bonchev–Trinajstić information content (AvgIpc) is 3.02. The minimum atomic E-state index is 0.968. The van der Waals surface area contributed by atoms with Crippen molar-refractivity contribution in [2.45, 2.75) is 13.3 Å². The molecule has 4 nitrogen and oxygen atoms in total. The number of pyridine rings is 1. The minimum Gasteiger partial charge on any atom is -0.373 e. The Morgan fingerprint density at radius 3 is 2.42 bits per heavy atom. The van der Waals surface area contributed by atoms with Gasteiger partial charge >= 0.3 is 0 Å². The molecule has 0 unspecified atom stereocenters. The second-order valence-electron chi connectivity index (χ2n) is 6.56. The molecule has 0 bridgehead atoms. The average molecular weight is 322 g/mol. The topological polar surface area (TPSA) is 35.2 Å². The third kappa shape index (κ3) is 3.44. The van der Waals surface area contributed by atoms with Gasteiger partial charge in [-0.3, -0.25) is 0 Å². The van der Waals surface area contributed by atoms with Crippen LogP contribution in [0, 0.1) is 0 Å². The van der Waals surface area contributed by atoms with Gasteiger partial charge < -0.3 is 14.8 Å². The molecule has 3 aromatic rings. The Kier molecular flexibility index (Phi) is 4.86. The Morgan fingerprint density at radius 2 is 1.75 bits per heavy atom. The molecule has 0 aliphatic heterocycles. The number of aryl methyl sites for hydroxylation is 1. The first-order chi connectivity index (χ1) is 11.6. The number of aromatic nitrogens is 2. The van der Waals surface area contributed by atoms with Crippen LogP contribution in [0.1, 0.15) is 12.5 Å². The van der Waals surface area contributed by atoms with Crippen molar-refractivity contribution < 1.29 is 0 Å². The van der Waals surface area contributed by atoms with Crippen LogP contribution in [0.2, 0.25) is 0 Å². The number of H-pyrrole nitrogens is 1. The van der Waals surface area contributed by atoms with Crippen LogP contribution in [0.25, 0.3) is 22.2 Å². The van der Waals surface area contributed by atoms with Crippen molar-refractivity contribution in [3.8, 4) is 11.1 Å². The SMILES string of the molecule is CCc1c[nH]c2ncc(-c3ccc(N(C)CCN(C)C)cc3)cc12. The highest BCUT2D eigenvalue weighted by Crippen LogP contribution is 2.26. The first-order valence-electron chi connectivity index (χ1n) is 8.50. The van der Waals surface area contributed by atoms with Gasteiger partial charge in [0.15, 0.2) is 0 Å². The number of hydrogen-bond donors (Lipinski definition) is 1. The van der Waals surface area contributed by atoms with Gasteiger partial charge in [0.25, 0.3) is 0 Å². The Hall–Kier alpha value is -2.33.